The zero-order chi connectivity index (χ0) is 24.1. The molecule has 0 aromatic heterocycles. The molecule has 4 rings (SSSR count). The molecule has 1 aliphatic carbocycles. The summed E-state index contributed by atoms with van der Waals surface area (Å²) in [5, 5.41) is 7.53. The van der Waals surface area contributed by atoms with Crippen LogP contribution in [0.25, 0.3) is 5.57 Å². The fraction of sp³-hybridized carbons (Fsp3) is 0.370. The van der Waals surface area contributed by atoms with Gasteiger partial charge in [-0.2, -0.15) is 0 Å². The van der Waals surface area contributed by atoms with E-state index in [1.54, 1.807) is 36.3 Å². The molecule has 1 heterocycles. The quantitative estimate of drug-likeness (QED) is 0.348. The highest BCUT2D eigenvalue weighted by atomic mass is 16.5. The van der Waals surface area contributed by atoms with Crippen molar-refractivity contribution < 1.29 is 19.1 Å². The van der Waals surface area contributed by atoms with E-state index in [2.05, 4.69) is 0 Å². The maximum atomic E-state index is 13.2. The number of anilines is 1. The second-order valence-corrected chi connectivity index (χ2v) is 8.80. The first kappa shape index (κ1) is 23.5. The van der Waals surface area contributed by atoms with Crippen LogP contribution in [0.2, 0.25) is 0 Å². The van der Waals surface area contributed by atoms with E-state index in [9.17, 15) is 9.59 Å². The minimum Gasteiger partial charge on any atom is -0.498 e. The number of hydrogen-bond acceptors (Lipinski definition) is 5. The molecule has 1 fully saturated rings. The summed E-state index contributed by atoms with van der Waals surface area (Å²) in [4.78, 5) is 27.1. The van der Waals surface area contributed by atoms with E-state index in [4.69, 9.17) is 20.6 Å². The molecule has 0 bridgehead atoms. The van der Waals surface area contributed by atoms with Crippen LogP contribution in [0.3, 0.4) is 0 Å². The number of ether oxygens (including phenoxy) is 2. The number of aryl methyl sites for hydroxylation is 1. The minimum atomic E-state index is -0.142. The van der Waals surface area contributed by atoms with Crippen LogP contribution in [0.5, 0.6) is 0 Å². The summed E-state index contributed by atoms with van der Waals surface area (Å²) >= 11 is 0. The Morgan fingerprint density at radius 2 is 1.74 bits per heavy atom. The lowest BCUT2D eigenvalue weighted by molar-refractivity contribution is -0.150. The average molecular weight is 462 g/mol. The first-order valence-corrected chi connectivity index (χ1v) is 11.8. The molecule has 0 unspecified atom stereocenters. The van der Waals surface area contributed by atoms with Crippen molar-refractivity contribution in [2.75, 3.05) is 18.6 Å². The maximum Gasteiger partial charge on any atom is 0.306 e. The van der Waals surface area contributed by atoms with Gasteiger partial charge in [-0.05, 0) is 67.5 Å². The van der Waals surface area contributed by atoms with Crippen LogP contribution < -0.4 is 10.6 Å². The third-order valence-corrected chi connectivity index (χ3v) is 6.49. The highest BCUT2D eigenvalue weighted by Gasteiger charge is 2.33. The minimum absolute atomic E-state index is 0.0157. The summed E-state index contributed by atoms with van der Waals surface area (Å²) in [5.41, 5.74) is 9.17. The third kappa shape index (κ3) is 5.30. The van der Waals surface area contributed by atoms with Crippen LogP contribution >= 0.6 is 0 Å². The first-order chi connectivity index (χ1) is 16.5. The number of benzene rings is 2. The van der Waals surface area contributed by atoms with Crippen molar-refractivity contribution in [1.29, 1.82) is 5.41 Å². The monoisotopic (exact) mass is 461 g/mol. The number of hydrogen-bond donors (Lipinski definition) is 2. The van der Waals surface area contributed by atoms with Gasteiger partial charge >= 0.3 is 5.97 Å². The molecule has 1 amide bonds. The van der Waals surface area contributed by atoms with Gasteiger partial charge in [0.1, 0.15) is 17.7 Å². The summed E-state index contributed by atoms with van der Waals surface area (Å²) < 4.78 is 11.1. The van der Waals surface area contributed by atoms with Crippen molar-refractivity contribution in [3.05, 3.63) is 71.0 Å². The number of esters is 1. The first-order valence-electron chi connectivity index (χ1n) is 11.8. The third-order valence-electron chi connectivity index (χ3n) is 6.49. The smallest absolute Gasteiger partial charge is 0.306 e. The van der Waals surface area contributed by atoms with E-state index in [0.717, 1.165) is 36.8 Å². The lowest BCUT2D eigenvalue weighted by atomic mass is 9.98. The Bertz CT molecular complexity index is 1080. The Morgan fingerprint density at radius 3 is 2.35 bits per heavy atom. The Labute approximate surface area is 200 Å². The number of rotatable bonds is 8. The van der Waals surface area contributed by atoms with Crippen LogP contribution in [0.15, 0.2) is 54.3 Å². The van der Waals surface area contributed by atoms with Gasteiger partial charge in [-0.1, -0.05) is 30.7 Å². The van der Waals surface area contributed by atoms with Gasteiger partial charge in [0.15, 0.2) is 0 Å². The molecule has 1 aliphatic heterocycles. The van der Waals surface area contributed by atoms with Crippen LogP contribution in [0.4, 0.5) is 5.69 Å². The molecule has 0 atom stereocenters. The summed E-state index contributed by atoms with van der Waals surface area (Å²) in [6.07, 6.45) is 6.49. The second-order valence-electron chi connectivity index (χ2n) is 8.80. The van der Waals surface area contributed by atoms with E-state index < -0.39 is 0 Å². The van der Waals surface area contributed by atoms with Gasteiger partial charge in [-0.3, -0.25) is 15.0 Å². The van der Waals surface area contributed by atoms with E-state index in [0.29, 0.717) is 42.0 Å². The largest absolute Gasteiger partial charge is 0.498 e. The molecule has 2 aliphatic rings. The lowest BCUT2D eigenvalue weighted by Gasteiger charge is -2.21. The van der Waals surface area contributed by atoms with Gasteiger partial charge in [0, 0.05) is 17.7 Å². The molecule has 7 nitrogen and oxygen atoms in total. The number of nitrogens with one attached hydrogen (secondary N) is 1. The predicted octanol–water partition coefficient (Wildman–Crippen LogP) is 4.18. The summed E-state index contributed by atoms with van der Waals surface area (Å²) in [6.45, 7) is 0.332. The fourth-order valence-electron chi connectivity index (χ4n) is 4.54. The van der Waals surface area contributed by atoms with E-state index in [1.807, 2.05) is 24.3 Å². The van der Waals surface area contributed by atoms with Gasteiger partial charge in [0.05, 0.1) is 19.2 Å². The standard InChI is InChI=1S/C27H31N3O4/c1-33-23-17-30(21-14-12-20(13-15-21)26(28)29)27(32)25(23)19-10-7-18(8-11-19)9-16-24(31)34-22-5-3-2-4-6-22/h7-8,10-15,22H,2-6,9,16-17H2,1H3,(H3,28,29). The van der Waals surface area contributed by atoms with Crippen molar-refractivity contribution >= 4 is 29.0 Å². The molecule has 3 N–H and O–H groups in total. The van der Waals surface area contributed by atoms with E-state index in [1.165, 1.54) is 6.42 Å². The van der Waals surface area contributed by atoms with Gasteiger partial charge in [-0.15, -0.1) is 0 Å². The molecule has 0 spiro atoms. The van der Waals surface area contributed by atoms with Crippen LogP contribution in [-0.4, -0.2) is 37.5 Å². The molecular formula is C27H31N3O4. The number of amides is 1. The summed E-state index contributed by atoms with van der Waals surface area (Å²) in [7, 11) is 1.57. The molecule has 2 aromatic carbocycles. The van der Waals surface area contributed by atoms with Crippen molar-refractivity contribution in [2.24, 2.45) is 5.73 Å². The predicted molar refractivity (Wildman–Crippen MR) is 131 cm³/mol. The molecule has 2 aromatic rings. The number of amidine groups is 1. The number of nitrogens with zero attached hydrogens (tertiary/aromatic N) is 1. The van der Waals surface area contributed by atoms with Gasteiger partial charge in [0.2, 0.25) is 0 Å². The number of carbonyl (C=O) groups is 2. The van der Waals surface area contributed by atoms with E-state index >= 15 is 0 Å². The summed E-state index contributed by atoms with van der Waals surface area (Å²) in [6, 6.07) is 14.7. The molecule has 34 heavy (non-hydrogen) atoms. The Hall–Kier alpha value is -3.61. The van der Waals surface area contributed by atoms with Gasteiger partial charge in [-0.25, -0.2) is 0 Å². The van der Waals surface area contributed by atoms with E-state index in [-0.39, 0.29) is 23.8 Å². The fourth-order valence-corrected chi connectivity index (χ4v) is 4.54. The van der Waals surface area contributed by atoms with Crippen molar-refractivity contribution in [1.82, 2.24) is 0 Å². The van der Waals surface area contributed by atoms with Crippen LogP contribution in [0, 0.1) is 5.41 Å². The second kappa shape index (κ2) is 10.5. The average Bonchev–Trinajstić information content (AvgIpc) is 3.20. The molecule has 0 saturated heterocycles. The SMILES string of the molecule is COC1=C(c2ccc(CCC(=O)OC3CCCCC3)cc2)C(=O)N(c2ccc(C(=N)N)cc2)C1. The van der Waals surface area contributed by atoms with Gasteiger partial charge in [0.25, 0.3) is 5.91 Å². The Morgan fingerprint density at radius 1 is 1.06 bits per heavy atom. The highest BCUT2D eigenvalue weighted by molar-refractivity contribution is 6.29. The Balaban J connectivity index is 1.40. The van der Waals surface area contributed by atoms with Crippen LogP contribution in [-0.2, 0) is 25.5 Å². The maximum absolute atomic E-state index is 13.2. The molecule has 7 heteroatoms. The van der Waals surface area contributed by atoms with Crippen molar-refractivity contribution in [3.8, 4) is 0 Å². The zero-order valence-corrected chi connectivity index (χ0v) is 19.5. The summed E-state index contributed by atoms with van der Waals surface area (Å²) in [5.74, 6) is 0.302. The van der Waals surface area contributed by atoms with Crippen molar-refractivity contribution in [2.45, 2.75) is 51.0 Å². The topological polar surface area (TPSA) is 106 Å². The normalized spacial score (nSPS) is 16.6. The molecule has 1 saturated carbocycles. The number of nitrogens with two attached hydrogens (primary N) is 1. The zero-order valence-electron chi connectivity index (χ0n) is 19.5. The van der Waals surface area contributed by atoms with Gasteiger partial charge < -0.3 is 20.1 Å². The number of nitrogen functional groups attached to an aromatic ring is 1. The van der Waals surface area contributed by atoms with Crippen molar-refractivity contribution in [3.63, 3.8) is 0 Å². The molecular weight excluding hydrogens is 430 g/mol. The highest BCUT2D eigenvalue weighted by Crippen LogP contribution is 2.32. The number of methoxy groups -OCH3 is 1. The Kier molecular flexibility index (Phi) is 7.30. The molecule has 178 valence electrons. The lowest BCUT2D eigenvalue weighted by Crippen LogP contribution is -2.26. The molecule has 0 radical (unpaired) electrons. The number of carbonyl (C=O) groups excluding carboxylic acids is 2. The van der Waals surface area contributed by atoms with Crippen LogP contribution in [0.1, 0.15) is 55.2 Å².